The summed E-state index contributed by atoms with van der Waals surface area (Å²) in [5.74, 6) is -0.825. The lowest BCUT2D eigenvalue weighted by Crippen LogP contribution is -2.03. The third-order valence-electron chi connectivity index (χ3n) is 3.53. The summed E-state index contributed by atoms with van der Waals surface area (Å²) in [6, 6.07) is 9.06. The number of halogens is 1. The van der Waals surface area contributed by atoms with Gasteiger partial charge in [-0.2, -0.15) is 0 Å². The van der Waals surface area contributed by atoms with E-state index in [1.54, 1.807) is 24.3 Å². The Morgan fingerprint density at radius 1 is 1.38 bits per heavy atom. The topological polar surface area (TPSA) is 116 Å². The maximum Gasteiger partial charge on any atom is 0.347 e. The fourth-order valence-electron chi connectivity index (χ4n) is 2.32. The third kappa shape index (κ3) is 3.22. The molecule has 0 amide bonds. The number of aromatic hydroxyl groups is 1. The monoisotopic (exact) mass is 374 g/mol. The maximum absolute atomic E-state index is 12.0. The predicted molar refractivity (Wildman–Crippen MR) is 95.3 cm³/mol. The smallest absolute Gasteiger partial charge is 0.347 e. The minimum atomic E-state index is -0.752. The van der Waals surface area contributed by atoms with Gasteiger partial charge in [0.15, 0.2) is 5.75 Å². The summed E-state index contributed by atoms with van der Waals surface area (Å²) in [4.78, 5) is 26.5. The number of ether oxygens (including phenoxy) is 1. The quantitative estimate of drug-likeness (QED) is 0.548. The number of aromatic nitrogens is 1. The van der Waals surface area contributed by atoms with Crippen LogP contribution in [0.2, 0.25) is 0 Å². The number of nitro groups is 1. The molecule has 1 aromatic heterocycles. The summed E-state index contributed by atoms with van der Waals surface area (Å²) in [6.45, 7) is 0. The molecule has 0 radical (unpaired) electrons. The standard InChI is InChI=1S/C17H11ClN2O6/c1-25-14-8-9(7-13(15(14)21)20(23)24)6-11(18)16-19-12-5-3-2-4-10(12)17(22)26-16/h2-8,21H,1H3/b11-6-. The van der Waals surface area contributed by atoms with Crippen LogP contribution in [-0.2, 0) is 0 Å². The van der Waals surface area contributed by atoms with Crippen molar-refractivity contribution in [2.45, 2.75) is 0 Å². The van der Waals surface area contributed by atoms with E-state index in [1.165, 1.54) is 19.3 Å². The van der Waals surface area contributed by atoms with Crippen molar-refractivity contribution in [3.05, 3.63) is 68.4 Å². The van der Waals surface area contributed by atoms with Gasteiger partial charge in [-0.25, -0.2) is 9.78 Å². The largest absolute Gasteiger partial charge is 0.500 e. The van der Waals surface area contributed by atoms with Crippen LogP contribution >= 0.6 is 11.6 Å². The summed E-state index contributed by atoms with van der Waals surface area (Å²) in [5.41, 5.74) is -0.493. The van der Waals surface area contributed by atoms with Crippen molar-refractivity contribution in [1.29, 1.82) is 0 Å². The molecule has 3 aromatic rings. The highest BCUT2D eigenvalue weighted by Gasteiger charge is 2.20. The zero-order valence-electron chi connectivity index (χ0n) is 13.3. The number of fused-ring (bicyclic) bond motifs is 1. The summed E-state index contributed by atoms with van der Waals surface area (Å²) in [6.07, 6.45) is 1.32. The van der Waals surface area contributed by atoms with Crippen LogP contribution in [0.4, 0.5) is 5.69 Å². The molecule has 0 bridgehead atoms. The molecular weight excluding hydrogens is 364 g/mol. The molecule has 1 heterocycles. The Morgan fingerprint density at radius 2 is 2.12 bits per heavy atom. The summed E-state index contributed by atoms with van der Waals surface area (Å²) < 4.78 is 10.0. The number of hydrogen-bond donors (Lipinski definition) is 1. The van der Waals surface area contributed by atoms with Gasteiger partial charge in [0, 0.05) is 6.07 Å². The summed E-state index contributed by atoms with van der Waals surface area (Å²) >= 11 is 6.17. The number of rotatable bonds is 4. The van der Waals surface area contributed by atoms with Gasteiger partial charge in [-0.15, -0.1) is 0 Å². The third-order valence-corrected chi connectivity index (χ3v) is 3.80. The minimum absolute atomic E-state index is 0.0464. The van der Waals surface area contributed by atoms with Gasteiger partial charge in [0.05, 0.1) is 22.9 Å². The molecule has 0 saturated carbocycles. The van der Waals surface area contributed by atoms with E-state index in [-0.39, 0.29) is 22.2 Å². The van der Waals surface area contributed by atoms with Crippen LogP contribution in [0.25, 0.3) is 22.0 Å². The van der Waals surface area contributed by atoms with Crippen LogP contribution in [0.3, 0.4) is 0 Å². The van der Waals surface area contributed by atoms with E-state index in [2.05, 4.69) is 4.98 Å². The molecule has 0 aliphatic heterocycles. The normalized spacial score (nSPS) is 11.5. The second-order valence-electron chi connectivity index (χ2n) is 5.16. The van der Waals surface area contributed by atoms with E-state index >= 15 is 0 Å². The first-order chi connectivity index (χ1) is 12.4. The first-order valence-corrected chi connectivity index (χ1v) is 7.61. The number of para-hydroxylation sites is 1. The van der Waals surface area contributed by atoms with Crippen molar-refractivity contribution < 1.29 is 19.2 Å². The van der Waals surface area contributed by atoms with Gasteiger partial charge >= 0.3 is 11.3 Å². The highest BCUT2D eigenvalue weighted by molar-refractivity contribution is 6.50. The highest BCUT2D eigenvalue weighted by atomic mass is 35.5. The molecule has 0 spiro atoms. The Hall–Kier alpha value is -3.39. The molecule has 0 saturated heterocycles. The van der Waals surface area contributed by atoms with Crippen LogP contribution in [0.15, 0.2) is 45.6 Å². The van der Waals surface area contributed by atoms with E-state index in [9.17, 15) is 20.0 Å². The van der Waals surface area contributed by atoms with E-state index < -0.39 is 22.0 Å². The molecular formula is C17H11ClN2O6. The van der Waals surface area contributed by atoms with E-state index in [1.807, 2.05) is 0 Å². The first kappa shape index (κ1) is 17.4. The Bertz CT molecular complexity index is 1110. The number of nitro benzene ring substituents is 1. The summed E-state index contributed by atoms with van der Waals surface area (Å²) in [7, 11) is 1.26. The molecule has 0 atom stereocenters. The lowest BCUT2D eigenvalue weighted by atomic mass is 10.1. The molecule has 0 aliphatic carbocycles. The average Bonchev–Trinajstić information content (AvgIpc) is 2.62. The minimum Gasteiger partial charge on any atom is -0.500 e. The molecule has 1 N–H and O–H groups in total. The van der Waals surface area contributed by atoms with Crippen molar-refractivity contribution in [2.75, 3.05) is 7.11 Å². The Kier molecular flexibility index (Phi) is 4.59. The fraction of sp³-hybridized carbons (Fsp3) is 0.0588. The predicted octanol–water partition coefficient (Wildman–Crippen LogP) is 3.55. The van der Waals surface area contributed by atoms with Crippen LogP contribution in [-0.4, -0.2) is 22.1 Å². The molecule has 8 nitrogen and oxygen atoms in total. The van der Waals surface area contributed by atoms with Crippen LogP contribution in [0.1, 0.15) is 11.5 Å². The molecule has 0 fully saturated rings. The molecule has 9 heteroatoms. The lowest BCUT2D eigenvalue weighted by Gasteiger charge is -2.06. The molecule has 0 aliphatic rings. The SMILES string of the molecule is COc1cc(/C=C(\Cl)c2nc3ccccc3c(=O)o2)cc([N+](=O)[O-])c1O. The average molecular weight is 375 g/mol. The number of phenols is 1. The van der Waals surface area contributed by atoms with E-state index in [0.29, 0.717) is 10.9 Å². The fourth-order valence-corrected chi connectivity index (χ4v) is 2.53. The van der Waals surface area contributed by atoms with Gasteiger partial charge in [0.2, 0.25) is 11.6 Å². The first-order valence-electron chi connectivity index (χ1n) is 7.23. The van der Waals surface area contributed by atoms with Crippen molar-refractivity contribution >= 4 is 39.3 Å². The second kappa shape index (κ2) is 6.85. The van der Waals surface area contributed by atoms with Gasteiger partial charge in [-0.3, -0.25) is 10.1 Å². The van der Waals surface area contributed by atoms with Crippen LogP contribution in [0, 0.1) is 10.1 Å². The number of phenolic OH excluding ortho intramolecular Hbond substituents is 1. The molecule has 2 aromatic carbocycles. The Labute approximate surface area is 151 Å². The maximum atomic E-state index is 12.0. The number of hydrogen-bond acceptors (Lipinski definition) is 7. The number of nitrogens with zero attached hydrogens (tertiary/aromatic N) is 2. The zero-order chi connectivity index (χ0) is 18.8. The van der Waals surface area contributed by atoms with Gasteiger partial charge in [0.25, 0.3) is 0 Å². The van der Waals surface area contributed by atoms with E-state index in [4.69, 9.17) is 20.8 Å². The van der Waals surface area contributed by atoms with Gasteiger partial charge in [0.1, 0.15) is 5.03 Å². The molecule has 132 valence electrons. The van der Waals surface area contributed by atoms with Crippen LogP contribution in [0.5, 0.6) is 11.5 Å². The highest BCUT2D eigenvalue weighted by Crippen LogP contribution is 2.38. The van der Waals surface area contributed by atoms with Gasteiger partial charge < -0.3 is 14.3 Å². The second-order valence-corrected chi connectivity index (χ2v) is 5.57. The van der Waals surface area contributed by atoms with Crippen molar-refractivity contribution in [3.63, 3.8) is 0 Å². The van der Waals surface area contributed by atoms with Gasteiger partial charge in [-0.1, -0.05) is 23.7 Å². The van der Waals surface area contributed by atoms with Crippen LogP contribution < -0.4 is 10.4 Å². The molecule has 3 rings (SSSR count). The van der Waals surface area contributed by atoms with Crippen molar-refractivity contribution in [3.8, 4) is 11.5 Å². The van der Waals surface area contributed by atoms with E-state index in [0.717, 1.165) is 6.07 Å². The molecule has 0 unspecified atom stereocenters. The molecule has 26 heavy (non-hydrogen) atoms. The summed E-state index contributed by atoms with van der Waals surface area (Å²) in [5, 5.41) is 21.1. The van der Waals surface area contributed by atoms with Crippen molar-refractivity contribution in [1.82, 2.24) is 4.98 Å². The Balaban J connectivity index is 2.12. The lowest BCUT2D eigenvalue weighted by molar-refractivity contribution is -0.386. The zero-order valence-corrected chi connectivity index (χ0v) is 14.1. The van der Waals surface area contributed by atoms with Crippen molar-refractivity contribution in [2.24, 2.45) is 0 Å². The number of methoxy groups -OCH3 is 1. The Morgan fingerprint density at radius 3 is 2.81 bits per heavy atom. The number of benzene rings is 2. The van der Waals surface area contributed by atoms with Gasteiger partial charge in [-0.05, 0) is 29.8 Å².